The van der Waals surface area contributed by atoms with Crippen molar-refractivity contribution in [3.8, 4) is 0 Å². The molecule has 3 rings (SSSR count). The average molecular weight is 334 g/mol. The van der Waals surface area contributed by atoms with Gasteiger partial charge in [0.1, 0.15) is 5.82 Å². The van der Waals surface area contributed by atoms with Crippen molar-refractivity contribution in [3.63, 3.8) is 0 Å². The van der Waals surface area contributed by atoms with Gasteiger partial charge < -0.3 is 4.90 Å². The smallest absolute Gasteiger partial charge is 0.258 e. The molecule has 1 aliphatic heterocycles. The number of anilines is 1. The van der Waals surface area contributed by atoms with Crippen LogP contribution in [0.15, 0.2) is 46.9 Å². The summed E-state index contributed by atoms with van der Waals surface area (Å²) in [5, 5.41) is 0. The number of amides is 1. The molecule has 0 unspecified atom stereocenters. The van der Waals surface area contributed by atoms with E-state index in [-0.39, 0.29) is 11.7 Å². The van der Waals surface area contributed by atoms with Gasteiger partial charge in [-0.3, -0.25) is 4.79 Å². The highest BCUT2D eigenvalue weighted by atomic mass is 79.9. The molecule has 0 N–H and O–H groups in total. The summed E-state index contributed by atoms with van der Waals surface area (Å²) in [6.45, 7) is 0.674. The molecule has 1 amide bonds. The lowest BCUT2D eigenvalue weighted by atomic mass is 10.0. The fourth-order valence-electron chi connectivity index (χ4n) is 2.52. The van der Waals surface area contributed by atoms with Crippen LogP contribution in [-0.2, 0) is 6.42 Å². The van der Waals surface area contributed by atoms with Crippen LogP contribution < -0.4 is 4.90 Å². The molecule has 0 aromatic heterocycles. The highest BCUT2D eigenvalue weighted by Crippen LogP contribution is 2.29. The Kier molecular flexibility index (Phi) is 3.57. The van der Waals surface area contributed by atoms with Gasteiger partial charge in [-0.15, -0.1) is 0 Å². The zero-order valence-corrected chi connectivity index (χ0v) is 12.4. The molecule has 0 fully saturated rings. The van der Waals surface area contributed by atoms with Crippen molar-refractivity contribution in [1.82, 2.24) is 0 Å². The second-order valence-corrected chi connectivity index (χ2v) is 5.76. The van der Waals surface area contributed by atoms with Crippen LogP contribution in [0.4, 0.5) is 10.1 Å². The normalized spacial score (nSPS) is 14.0. The molecule has 1 heterocycles. The number of carbonyl (C=O) groups is 1. The monoisotopic (exact) mass is 333 g/mol. The fourth-order valence-corrected chi connectivity index (χ4v) is 2.79. The molecular weight excluding hydrogens is 321 g/mol. The molecule has 0 spiro atoms. The second-order valence-electron chi connectivity index (χ2n) is 4.84. The Morgan fingerprint density at radius 3 is 2.65 bits per heavy atom. The van der Waals surface area contributed by atoms with E-state index in [0.29, 0.717) is 12.1 Å². The van der Waals surface area contributed by atoms with Crippen molar-refractivity contribution in [2.24, 2.45) is 0 Å². The lowest BCUT2D eigenvalue weighted by Crippen LogP contribution is -2.35. The first kappa shape index (κ1) is 13.3. The van der Waals surface area contributed by atoms with Gasteiger partial charge in [0.05, 0.1) is 0 Å². The molecule has 0 saturated carbocycles. The van der Waals surface area contributed by atoms with E-state index in [1.54, 1.807) is 23.1 Å². The lowest BCUT2D eigenvalue weighted by Gasteiger charge is -2.29. The number of nitrogens with zero attached hydrogens (tertiary/aromatic N) is 1. The van der Waals surface area contributed by atoms with Crippen molar-refractivity contribution < 1.29 is 9.18 Å². The number of benzene rings is 2. The molecule has 0 bridgehead atoms. The van der Waals surface area contributed by atoms with Crippen LogP contribution >= 0.6 is 15.9 Å². The van der Waals surface area contributed by atoms with E-state index in [2.05, 4.69) is 15.9 Å². The first-order chi connectivity index (χ1) is 9.65. The van der Waals surface area contributed by atoms with Gasteiger partial charge in [-0.25, -0.2) is 4.39 Å². The molecule has 102 valence electrons. The third kappa shape index (κ3) is 2.48. The summed E-state index contributed by atoms with van der Waals surface area (Å²) in [5.74, 6) is -0.285. The number of hydrogen-bond acceptors (Lipinski definition) is 1. The molecule has 2 aromatic rings. The molecular formula is C16H13BrFNO. The topological polar surface area (TPSA) is 20.3 Å². The molecule has 4 heteroatoms. The summed E-state index contributed by atoms with van der Waals surface area (Å²) in [6.07, 6.45) is 1.68. The maximum Gasteiger partial charge on any atom is 0.258 e. The SMILES string of the molecule is O=C(c1ccc(Br)cc1)N1CCCc2cc(F)ccc21. The minimum Gasteiger partial charge on any atom is -0.308 e. The van der Waals surface area contributed by atoms with E-state index in [1.165, 1.54) is 12.1 Å². The van der Waals surface area contributed by atoms with Crippen molar-refractivity contribution in [3.05, 3.63) is 63.9 Å². The van der Waals surface area contributed by atoms with Crippen LogP contribution in [0.5, 0.6) is 0 Å². The molecule has 0 radical (unpaired) electrons. The third-order valence-electron chi connectivity index (χ3n) is 3.50. The van der Waals surface area contributed by atoms with Crippen molar-refractivity contribution in [1.29, 1.82) is 0 Å². The number of carbonyl (C=O) groups excluding carboxylic acids is 1. The summed E-state index contributed by atoms with van der Waals surface area (Å²) >= 11 is 3.36. The van der Waals surface area contributed by atoms with Crippen LogP contribution in [0.3, 0.4) is 0 Å². The molecule has 2 aromatic carbocycles. The summed E-state index contributed by atoms with van der Waals surface area (Å²) in [6, 6.07) is 11.9. The first-order valence-electron chi connectivity index (χ1n) is 6.51. The average Bonchev–Trinajstić information content (AvgIpc) is 2.46. The highest BCUT2D eigenvalue weighted by Gasteiger charge is 2.23. The zero-order chi connectivity index (χ0) is 14.1. The Morgan fingerprint density at radius 1 is 1.15 bits per heavy atom. The molecule has 0 aliphatic carbocycles. The van der Waals surface area contributed by atoms with Gasteiger partial charge in [-0.2, -0.15) is 0 Å². The van der Waals surface area contributed by atoms with Crippen molar-refractivity contribution in [2.75, 3.05) is 11.4 Å². The Morgan fingerprint density at radius 2 is 1.90 bits per heavy atom. The Labute approximate surface area is 125 Å². The summed E-state index contributed by atoms with van der Waals surface area (Å²) in [4.78, 5) is 14.3. The van der Waals surface area contributed by atoms with Crippen LogP contribution in [-0.4, -0.2) is 12.5 Å². The summed E-state index contributed by atoms with van der Waals surface area (Å²) in [7, 11) is 0. The highest BCUT2D eigenvalue weighted by molar-refractivity contribution is 9.10. The van der Waals surface area contributed by atoms with Crippen LogP contribution in [0.1, 0.15) is 22.3 Å². The van der Waals surface area contributed by atoms with Gasteiger partial charge in [-0.1, -0.05) is 15.9 Å². The predicted molar refractivity (Wildman–Crippen MR) is 80.5 cm³/mol. The quantitative estimate of drug-likeness (QED) is 0.766. The minimum atomic E-state index is -0.248. The maximum atomic E-state index is 13.3. The van der Waals surface area contributed by atoms with E-state index in [9.17, 15) is 9.18 Å². The van der Waals surface area contributed by atoms with Gasteiger partial charge in [0.25, 0.3) is 5.91 Å². The standard InChI is InChI=1S/C16H13BrFNO/c17-13-5-3-11(4-6-13)16(20)19-9-1-2-12-10-14(18)7-8-15(12)19/h3-8,10H,1-2,9H2. The number of halogens is 2. The molecule has 1 aliphatic rings. The molecule has 0 saturated heterocycles. The molecule has 20 heavy (non-hydrogen) atoms. The fraction of sp³-hybridized carbons (Fsp3) is 0.188. The van der Waals surface area contributed by atoms with E-state index in [4.69, 9.17) is 0 Å². The van der Waals surface area contributed by atoms with Crippen LogP contribution in [0.25, 0.3) is 0 Å². The van der Waals surface area contributed by atoms with E-state index in [1.807, 2.05) is 12.1 Å². The Bertz CT molecular complexity index is 654. The minimum absolute atomic E-state index is 0.0370. The first-order valence-corrected chi connectivity index (χ1v) is 7.30. The number of fused-ring (bicyclic) bond motifs is 1. The van der Waals surface area contributed by atoms with Crippen LogP contribution in [0, 0.1) is 5.82 Å². The van der Waals surface area contributed by atoms with E-state index in [0.717, 1.165) is 28.6 Å². The zero-order valence-electron chi connectivity index (χ0n) is 10.8. The number of hydrogen-bond donors (Lipinski definition) is 0. The second kappa shape index (κ2) is 5.37. The van der Waals surface area contributed by atoms with Crippen molar-refractivity contribution in [2.45, 2.75) is 12.8 Å². The van der Waals surface area contributed by atoms with Gasteiger partial charge in [0.2, 0.25) is 0 Å². The number of aryl methyl sites for hydroxylation is 1. The lowest BCUT2D eigenvalue weighted by molar-refractivity contribution is 0.0985. The third-order valence-corrected chi connectivity index (χ3v) is 4.03. The summed E-state index contributed by atoms with van der Waals surface area (Å²) in [5.41, 5.74) is 2.37. The van der Waals surface area contributed by atoms with Gasteiger partial charge >= 0.3 is 0 Å². The Balaban J connectivity index is 1.96. The predicted octanol–water partition coefficient (Wildman–Crippen LogP) is 4.18. The van der Waals surface area contributed by atoms with Crippen LogP contribution in [0.2, 0.25) is 0 Å². The maximum absolute atomic E-state index is 13.3. The van der Waals surface area contributed by atoms with Gasteiger partial charge in [0, 0.05) is 22.3 Å². The van der Waals surface area contributed by atoms with E-state index < -0.39 is 0 Å². The van der Waals surface area contributed by atoms with Crippen molar-refractivity contribution >= 4 is 27.5 Å². The summed E-state index contributed by atoms with van der Waals surface area (Å²) < 4.78 is 14.2. The molecule has 0 atom stereocenters. The van der Waals surface area contributed by atoms with Gasteiger partial charge in [-0.05, 0) is 60.9 Å². The van der Waals surface area contributed by atoms with Gasteiger partial charge in [0.15, 0.2) is 0 Å². The number of rotatable bonds is 1. The van der Waals surface area contributed by atoms with E-state index >= 15 is 0 Å². The Hall–Kier alpha value is -1.68. The largest absolute Gasteiger partial charge is 0.308 e. The molecule has 2 nitrogen and oxygen atoms in total.